The van der Waals surface area contributed by atoms with Crippen LogP contribution in [0.1, 0.15) is 51.2 Å². The van der Waals surface area contributed by atoms with Gasteiger partial charge in [-0.05, 0) is 37.3 Å². The Morgan fingerprint density at radius 3 is 2.64 bits per heavy atom. The van der Waals surface area contributed by atoms with Gasteiger partial charge in [0.05, 0.1) is 36.3 Å². The summed E-state index contributed by atoms with van der Waals surface area (Å²) in [4.78, 5) is 24.7. The predicted octanol–water partition coefficient (Wildman–Crippen LogP) is 4.46. The summed E-state index contributed by atoms with van der Waals surface area (Å²) < 4.78 is 16.8. The van der Waals surface area contributed by atoms with E-state index in [-0.39, 0.29) is 22.8 Å². The number of carboxylic acids is 1. The molecule has 0 radical (unpaired) electrons. The first-order valence-corrected chi connectivity index (χ1v) is 10.5. The van der Waals surface area contributed by atoms with E-state index in [1.54, 1.807) is 12.5 Å². The van der Waals surface area contributed by atoms with Crippen LogP contribution in [0.15, 0.2) is 34.3 Å². The minimum absolute atomic E-state index is 0.166. The van der Waals surface area contributed by atoms with Gasteiger partial charge in [0.15, 0.2) is 0 Å². The number of furan rings is 1. The Morgan fingerprint density at radius 2 is 2.04 bits per heavy atom. The summed E-state index contributed by atoms with van der Waals surface area (Å²) in [6.45, 7) is 4.09. The topological polar surface area (TPSA) is 86.0 Å². The van der Waals surface area contributed by atoms with Gasteiger partial charge in [-0.3, -0.25) is 9.59 Å². The molecule has 28 heavy (non-hydrogen) atoms. The molecule has 6 nitrogen and oxygen atoms in total. The molecule has 1 aliphatic heterocycles. The van der Waals surface area contributed by atoms with Crippen LogP contribution in [0, 0.1) is 22.7 Å². The second-order valence-electron chi connectivity index (χ2n) is 8.65. The van der Waals surface area contributed by atoms with Gasteiger partial charge in [0.2, 0.25) is 0 Å². The van der Waals surface area contributed by atoms with Crippen molar-refractivity contribution in [2.24, 2.45) is 22.7 Å². The highest BCUT2D eigenvalue weighted by Gasteiger charge is 2.63. The number of hydrogen-bond donors (Lipinski definition) is 1. The molecule has 0 spiro atoms. The van der Waals surface area contributed by atoms with E-state index in [4.69, 9.17) is 13.9 Å². The summed E-state index contributed by atoms with van der Waals surface area (Å²) in [5.41, 5.74) is 0.780. The van der Waals surface area contributed by atoms with Gasteiger partial charge in [0.25, 0.3) is 0 Å². The molecule has 2 heterocycles. The molecule has 1 aromatic heterocycles. The third kappa shape index (κ3) is 2.65. The first-order valence-electron chi connectivity index (χ1n) is 9.61. The van der Waals surface area contributed by atoms with E-state index in [1.165, 1.54) is 7.11 Å². The zero-order valence-corrected chi connectivity index (χ0v) is 17.8. The number of halogens is 1. The highest BCUT2D eigenvalue weighted by atomic mass is 79.9. The van der Waals surface area contributed by atoms with Crippen LogP contribution < -0.4 is 0 Å². The Balaban J connectivity index is 1.89. The van der Waals surface area contributed by atoms with Crippen molar-refractivity contribution in [3.63, 3.8) is 0 Å². The number of hydrogen-bond acceptors (Lipinski definition) is 5. The highest BCUT2D eigenvalue weighted by Crippen LogP contribution is 2.66. The summed E-state index contributed by atoms with van der Waals surface area (Å²) in [5, 5.41) is 10.0. The number of aliphatic carboxylic acids is 1. The van der Waals surface area contributed by atoms with Gasteiger partial charge >= 0.3 is 11.9 Å². The molecule has 0 amide bonds. The van der Waals surface area contributed by atoms with E-state index in [2.05, 4.69) is 22.9 Å². The number of esters is 1. The molecule has 1 unspecified atom stereocenters. The Labute approximate surface area is 172 Å². The number of alkyl halides is 1. The third-order valence-corrected chi connectivity index (χ3v) is 7.97. The molecule has 6 atom stereocenters. The fraction of sp³-hybridized carbons (Fsp3) is 0.619. The van der Waals surface area contributed by atoms with Crippen LogP contribution >= 0.6 is 15.9 Å². The molecule has 0 bridgehead atoms. The highest BCUT2D eigenvalue weighted by molar-refractivity contribution is 9.09. The molecule has 1 aromatic rings. The maximum Gasteiger partial charge on any atom is 0.309 e. The Hall–Kier alpha value is -1.76. The Morgan fingerprint density at radius 1 is 1.29 bits per heavy atom. The quantitative estimate of drug-likeness (QED) is 0.538. The number of carbonyl (C=O) groups is 2. The van der Waals surface area contributed by atoms with Gasteiger partial charge in [-0.25, -0.2) is 0 Å². The van der Waals surface area contributed by atoms with E-state index in [0.717, 1.165) is 16.9 Å². The van der Waals surface area contributed by atoms with Crippen LogP contribution in [0.4, 0.5) is 0 Å². The van der Waals surface area contributed by atoms with Crippen molar-refractivity contribution in [3.05, 3.63) is 35.5 Å². The molecule has 1 saturated carbocycles. The van der Waals surface area contributed by atoms with Crippen molar-refractivity contribution in [1.82, 2.24) is 0 Å². The molecule has 0 aromatic carbocycles. The standard InChI is InChI=1S/C21H25BrO6/c1-20-6-4-12(18(23)24)21(2)9-15(11-5-7-27-10-11)28-16(17(20)21)14(22)8-13(20)19(25)26-3/h5,7,10,12-15H,4,6,8-9H2,1-3H3,(H,23,24)/t12?,13-,14+,15+,20-,21-/m0/s1. The molecule has 3 aliphatic rings. The summed E-state index contributed by atoms with van der Waals surface area (Å²) in [5.74, 6) is -1.11. The monoisotopic (exact) mass is 452 g/mol. The number of rotatable bonds is 3. The lowest BCUT2D eigenvalue weighted by Gasteiger charge is -2.59. The predicted molar refractivity (Wildman–Crippen MR) is 104 cm³/mol. The second-order valence-corrected chi connectivity index (χ2v) is 9.76. The molecule has 1 N–H and O–H groups in total. The fourth-order valence-electron chi connectivity index (χ4n) is 5.85. The van der Waals surface area contributed by atoms with Crippen LogP contribution in [-0.4, -0.2) is 29.0 Å². The molecule has 152 valence electrons. The molecule has 0 saturated heterocycles. The van der Waals surface area contributed by atoms with Crippen LogP contribution in [0.5, 0.6) is 0 Å². The van der Waals surface area contributed by atoms with Gasteiger partial charge in [0.1, 0.15) is 11.9 Å². The molecule has 1 fully saturated rings. The van der Waals surface area contributed by atoms with Gasteiger partial charge < -0.3 is 19.0 Å². The third-order valence-electron chi connectivity index (χ3n) is 7.18. The number of carbonyl (C=O) groups excluding carboxylic acids is 1. The number of methoxy groups -OCH3 is 1. The number of ether oxygens (including phenoxy) is 2. The fourth-order valence-corrected chi connectivity index (χ4v) is 6.56. The number of carboxylic acid groups (broad SMARTS) is 1. The van der Waals surface area contributed by atoms with Crippen LogP contribution in [0.2, 0.25) is 0 Å². The van der Waals surface area contributed by atoms with Crippen LogP contribution in [0.25, 0.3) is 0 Å². The molecule has 7 heteroatoms. The van der Waals surface area contributed by atoms with Crippen molar-refractivity contribution in [2.75, 3.05) is 7.11 Å². The minimum atomic E-state index is -0.796. The zero-order valence-electron chi connectivity index (χ0n) is 16.2. The van der Waals surface area contributed by atoms with E-state index in [1.807, 2.05) is 13.0 Å². The summed E-state index contributed by atoms with van der Waals surface area (Å²) >= 11 is 3.71. The SMILES string of the molecule is COC(=O)[C@@H]1C[C@@H](Br)C2=C3[C@@](C)(C[C@H](c4ccoc4)O2)C(C(=O)O)CC[C@]31C. The number of allylic oxidation sites excluding steroid dienone is 2. The van der Waals surface area contributed by atoms with E-state index in [9.17, 15) is 14.7 Å². The Kier molecular flexibility index (Phi) is 4.64. The first-order chi connectivity index (χ1) is 13.2. The lowest BCUT2D eigenvalue weighted by Crippen LogP contribution is -2.55. The van der Waals surface area contributed by atoms with Gasteiger partial charge in [-0.1, -0.05) is 29.8 Å². The minimum Gasteiger partial charge on any atom is -0.489 e. The average molecular weight is 453 g/mol. The first kappa shape index (κ1) is 19.6. The van der Waals surface area contributed by atoms with Crippen molar-refractivity contribution in [3.8, 4) is 0 Å². The smallest absolute Gasteiger partial charge is 0.309 e. The molecule has 2 aliphatic carbocycles. The maximum atomic E-state index is 12.6. The van der Waals surface area contributed by atoms with E-state index in [0.29, 0.717) is 25.7 Å². The van der Waals surface area contributed by atoms with Gasteiger partial charge in [-0.2, -0.15) is 0 Å². The van der Waals surface area contributed by atoms with E-state index >= 15 is 0 Å². The largest absolute Gasteiger partial charge is 0.489 e. The summed E-state index contributed by atoms with van der Waals surface area (Å²) in [7, 11) is 1.41. The van der Waals surface area contributed by atoms with Gasteiger partial charge in [-0.15, -0.1) is 0 Å². The van der Waals surface area contributed by atoms with Gasteiger partial charge in [0, 0.05) is 16.4 Å². The lowest BCUT2D eigenvalue weighted by molar-refractivity contribution is -0.158. The van der Waals surface area contributed by atoms with Crippen molar-refractivity contribution >= 4 is 27.9 Å². The van der Waals surface area contributed by atoms with Crippen molar-refractivity contribution in [1.29, 1.82) is 0 Å². The maximum absolute atomic E-state index is 12.6. The van der Waals surface area contributed by atoms with E-state index < -0.39 is 22.7 Å². The lowest BCUT2D eigenvalue weighted by atomic mass is 9.47. The summed E-state index contributed by atoms with van der Waals surface area (Å²) in [6, 6.07) is 1.86. The average Bonchev–Trinajstić information content (AvgIpc) is 3.17. The van der Waals surface area contributed by atoms with Crippen molar-refractivity contribution in [2.45, 2.75) is 50.5 Å². The van der Waals surface area contributed by atoms with Crippen LogP contribution in [-0.2, 0) is 19.1 Å². The van der Waals surface area contributed by atoms with Crippen molar-refractivity contribution < 1.29 is 28.6 Å². The molecular weight excluding hydrogens is 428 g/mol. The molecular formula is C21H25BrO6. The summed E-state index contributed by atoms with van der Waals surface area (Å²) in [6.07, 6.45) is 5.22. The molecule has 4 rings (SSSR count). The zero-order chi connectivity index (χ0) is 20.3. The second kappa shape index (κ2) is 6.65. The normalized spacial score (nSPS) is 39.7. The Bertz CT molecular complexity index is 830. The van der Waals surface area contributed by atoms with Crippen LogP contribution in [0.3, 0.4) is 0 Å².